The highest BCUT2D eigenvalue weighted by Crippen LogP contribution is 2.24. The highest BCUT2D eigenvalue weighted by Gasteiger charge is 2.27. The number of nitrogens with zero attached hydrogens (tertiary/aromatic N) is 2. The number of carbonyl (C=O) groups excluding carboxylic acids is 1. The number of carbonyl (C=O) groups is 1. The molecule has 92 valence electrons. The van der Waals surface area contributed by atoms with E-state index in [1.807, 2.05) is 11.0 Å². The maximum Gasteiger partial charge on any atom is 0.256 e. The van der Waals surface area contributed by atoms with Gasteiger partial charge in [-0.05, 0) is 46.3 Å². The van der Waals surface area contributed by atoms with E-state index >= 15 is 0 Å². The molecule has 2 rings (SSSR count). The topological polar surface area (TPSA) is 33.2 Å². The minimum Gasteiger partial charge on any atom is -0.338 e. The van der Waals surface area contributed by atoms with E-state index in [2.05, 4.69) is 34.8 Å². The van der Waals surface area contributed by atoms with Gasteiger partial charge in [0, 0.05) is 19.3 Å². The molecule has 2 atom stereocenters. The van der Waals surface area contributed by atoms with Crippen LogP contribution in [-0.4, -0.2) is 28.9 Å². The van der Waals surface area contributed by atoms with Gasteiger partial charge in [-0.25, -0.2) is 4.98 Å². The summed E-state index contributed by atoms with van der Waals surface area (Å²) in [4.78, 5) is 18.4. The number of aromatic nitrogens is 1. The Hall–Kier alpha value is -0.900. The molecule has 0 aromatic carbocycles. The normalized spacial score (nSPS) is 24.8. The van der Waals surface area contributed by atoms with Gasteiger partial charge in [-0.3, -0.25) is 4.79 Å². The van der Waals surface area contributed by atoms with Crippen molar-refractivity contribution in [2.45, 2.75) is 20.3 Å². The van der Waals surface area contributed by atoms with Crippen LogP contribution in [0.15, 0.2) is 22.9 Å². The van der Waals surface area contributed by atoms with Crippen molar-refractivity contribution in [1.29, 1.82) is 0 Å². The Balaban J connectivity index is 2.14. The Labute approximate surface area is 110 Å². The molecule has 2 heterocycles. The molecule has 1 fully saturated rings. The van der Waals surface area contributed by atoms with Crippen LogP contribution in [0.4, 0.5) is 0 Å². The van der Waals surface area contributed by atoms with Crippen molar-refractivity contribution < 1.29 is 4.79 Å². The third-order valence-corrected chi connectivity index (χ3v) is 4.24. The lowest BCUT2D eigenvalue weighted by Gasteiger charge is -2.35. The van der Waals surface area contributed by atoms with E-state index in [1.165, 1.54) is 0 Å². The number of amides is 1. The fourth-order valence-corrected chi connectivity index (χ4v) is 2.58. The Kier molecular flexibility index (Phi) is 3.82. The molecule has 1 saturated heterocycles. The highest BCUT2D eigenvalue weighted by atomic mass is 79.9. The van der Waals surface area contributed by atoms with Gasteiger partial charge in [0.1, 0.15) is 4.60 Å². The van der Waals surface area contributed by atoms with Gasteiger partial charge in [-0.1, -0.05) is 13.8 Å². The second-order valence-electron chi connectivity index (χ2n) is 4.84. The smallest absolute Gasteiger partial charge is 0.256 e. The van der Waals surface area contributed by atoms with Crippen molar-refractivity contribution in [2.75, 3.05) is 13.1 Å². The minimum atomic E-state index is 0.0868. The fourth-order valence-electron chi connectivity index (χ4n) is 2.16. The zero-order valence-electron chi connectivity index (χ0n) is 10.2. The van der Waals surface area contributed by atoms with Crippen molar-refractivity contribution in [3.63, 3.8) is 0 Å². The van der Waals surface area contributed by atoms with E-state index in [0.29, 0.717) is 22.0 Å². The summed E-state index contributed by atoms with van der Waals surface area (Å²) in [7, 11) is 0. The lowest BCUT2D eigenvalue weighted by Crippen LogP contribution is -2.42. The quantitative estimate of drug-likeness (QED) is 0.747. The fraction of sp³-hybridized carbons (Fsp3) is 0.538. The van der Waals surface area contributed by atoms with Crippen molar-refractivity contribution in [2.24, 2.45) is 11.8 Å². The van der Waals surface area contributed by atoms with Crippen LogP contribution in [-0.2, 0) is 0 Å². The van der Waals surface area contributed by atoms with Crippen LogP contribution in [0.2, 0.25) is 0 Å². The molecule has 4 heteroatoms. The van der Waals surface area contributed by atoms with Gasteiger partial charge >= 0.3 is 0 Å². The van der Waals surface area contributed by atoms with Crippen molar-refractivity contribution in [3.8, 4) is 0 Å². The average Bonchev–Trinajstić information content (AvgIpc) is 2.32. The summed E-state index contributed by atoms with van der Waals surface area (Å²) in [6, 6.07) is 3.62. The Morgan fingerprint density at radius 3 is 2.88 bits per heavy atom. The van der Waals surface area contributed by atoms with Gasteiger partial charge < -0.3 is 4.90 Å². The van der Waals surface area contributed by atoms with E-state index in [1.54, 1.807) is 12.3 Å². The summed E-state index contributed by atoms with van der Waals surface area (Å²) in [5.41, 5.74) is 0.661. The highest BCUT2D eigenvalue weighted by molar-refractivity contribution is 9.10. The first-order valence-corrected chi connectivity index (χ1v) is 6.78. The number of halogens is 1. The van der Waals surface area contributed by atoms with Crippen molar-refractivity contribution in [1.82, 2.24) is 9.88 Å². The molecule has 2 unspecified atom stereocenters. The molecular weight excluding hydrogens is 280 g/mol. The molecule has 3 nitrogen and oxygen atoms in total. The number of pyridine rings is 1. The molecule has 1 aliphatic rings. The number of hydrogen-bond acceptors (Lipinski definition) is 2. The van der Waals surface area contributed by atoms with E-state index in [0.717, 1.165) is 19.5 Å². The van der Waals surface area contributed by atoms with Crippen LogP contribution in [0.1, 0.15) is 30.6 Å². The van der Waals surface area contributed by atoms with Crippen LogP contribution in [0.5, 0.6) is 0 Å². The average molecular weight is 297 g/mol. The predicted octanol–water partition coefficient (Wildman–Crippen LogP) is 2.96. The lowest BCUT2D eigenvalue weighted by molar-refractivity contribution is 0.0626. The predicted molar refractivity (Wildman–Crippen MR) is 70.8 cm³/mol. The van der Waals surface area contributed by atoms with Crippen LogP contribution in [0.3, 0.4) is 0 Å². The van der Waals surface area contributed by atoms with E-state index in [4.69, 9.17) is 0 Å². The summed E-state index contributed by atoms with van der Waals surface area (Å²) in [6.07, 6.45) is 2.77. The largest absolute Gasteiger partial charge is 0.338 e. The summed E-state index contributed by atoms with van der Waals surface area (Å²) in [5, 5.41) is 0. The maximum atomic E-state index is 12.3. The third-order valence-electron chi connectivity index (χ3n) is 3.61. The van der Waals surface area contributed by atoms with Gasteiger partial charge in [0.2, 0.25) is 0 Å². The monoisotopic (exact) mass is 296 g/mol. The molecule has 1 aromatic rings. The Bertz CT molecular complexity index is 422. The van der Waals surface area contributed by atoms with Gasteiger partial charge in [-0.15, -0.1) is 0 Å². The standard InChI is InChI=1S/C13H17BrN2O/c1-9-5-7-16(8-10(9)2)13(17)11-4-3-6-15-12(11)14/h3-4,6,9-10H,5,7-8H2,1-2H3. The summed E-state index contributed by atoms with van der Waals surface area (Å²) >= 11 is 3.33. The molecule has 0 saturated carbocycles. The van der Waals surface area contributed by atoms with Gasteiger partial charge in [0.05, 0.1) is 5.56 Å². The molecule has 1 aromatic heterocycles. The first-order valence-electron chi connectivity index (χ1n) is 5.99. The van der Waals surface area contributed by atoms with Crippen LogP contribution in [0, 0.1) is 11.8 Å². The number of likely N-dealkylation sites (tertiary alicyclic amines) is 1. The van der Waals surface area contributed by atoms with E-state index in [9.17, 15) is 4.79 Å². The molecule has 0 bridgehead atoms. The van der Waals surface area contributed by atoms with Crippen LogP contribution in [0.25, 0.3) is 0 Å². The van der Waals surface area contributed by atoms with E-state index in [-0.39, 0.29) is 5.91 Å². The SMILES string of the molecule is CC1CCN(C(=O)c2cccnc2Br)CC1C. The van der Waals surface area contributed by atoms with E-state index < -0.39 is 0 Å². The zero-order valence-corrected chi connectivity index (χ0v) is 11.8. The van der Waals surface area contributed by atoms with Gasteiger partial charge in [0.25, 0.3) is 5.91 Å². The first kappa shape index (κ1) is 12.6. The molecular formula is C13H17BrN2O. The minimum absolute atomic E-state index is 0.0868. The Morgan fingerprint density at radius 2 is 2.24 bits per heavy atom. The zero-order chi connectivity index (χ0) is 12.4. The number of piperidine rings is 1. The van der Waals surface area contributed by atoms with Crippen LogP contribution < -0.4 is 0 Å². The number of rotatable bonds is 1. The van der Waals surface area contributed by atoms with Crippen LogP contribution >= 0.6 is 15.9 Å². The summed E-state index contributed by atoms with van der Waals surface area (Å²) in [5.74, 6) is 1.36. The third kappa shape index (κ3) is 2.68. The lowest BCUT2D eigenvalue weighted by atomic mass is 9.88. The molecule has 0 radical (unpaired) electrons. The second kappa shape index (κ2) is 5.17. The maximum absolute atomic E-state index is 12.3. The summed E-state index contributed by atoms with van der Waals surface area (Å²) in [6.45, 7) is 6.17. The van der Waals surface area contributed by atoms with Gasteiger partial charge in [0.15, 0.2) is 0 Å². The molecule has 1 amide bonds. The number of hydrogen-bond donors (Lipinski definition) is 0. The Morgan fingerprint density at radius 1 is 1.47 bits per heavy atom. The molecule has 0 aliphatic carbocycles. The molecule has 0 spiro atoms. The molecule has 0 N–H and O–H groups in total. The van der Waals surface area contributed by atoms with Crippen molar-refractivity contribution in [3.05, 3.63) is 28.5 Å². The first-order chi connectivity index (χ1) is 8.09. The summed E-state index contributed by atoms with van der Waals surface area (Å²) < 4.78 is 0.635. The van der Waals surface area contributed by atoms with Gasteiger partial charge in [-0.2, -0.15) is 0 Å². The van der Waals surface area contributed by atoms with Crippen molar-refractivity contribution >= 4 is 21.8 Å². The second-order valence-corrected chi connectivity index (χ2v) is 5.59. The molecule has 17 heavy (non-hydrogen) atoms. The molecule has 1 aliphatic heterocycles.